The largest absolute Gasteiger partial charge is 0.348 e. The Labute approximate surface area is 171 Å². The van der Waals surface area contributed by atoms with Crippen molar-refractivity contribution in [3.05, 3.63) is 69.4 Å². The average Bonchev–Trinajstić information content (AvgIpc) is 2.74. The molecule has 1 fully saturated rings. The summed E-state index contributed by atoms with van der Waals surface area (Å²) in [6.07, 6.45) is 0. The standard InChI is InChI=1S/C20H18ClN5O3/c1-13-12-24(20(27)14-5-3-2-4-6-14)9-10-25(13)19-17-11-15(26(28)29)7-8-16(17)18(21)22-23-19/h2-8,11,13H,9-10,12H2,1H3. The lowest BCUT2D eigenvalue weighted by atomic mass is 10.1. The first-order chi connectivity index (χ1) is 14.0. The first kappa shape index (κ1) is 19.1. The zero-order chi connectivity index (χ0) is 20.5. The van der Waals surface area contributed by atoms with Gasteiger partial charge in [-0.1, -0.05) is 29.8 Å². The number of anilines is 1. The smallest absolute Gasteiger partial charge is 0.270 e. The normalized spacial score (nSPS) is 16.8. The number of halogens is 1. The monoisotopic (exact) mass is 411 g/mol. The van der Waals surface area contributed by atoms with E-state index in [-0.39, 0.29) is 22.8 Å². The molecule has 3 aromatic rings. The fourth-order valence-electron chi connectivity index (χ4n) is 3.64. The van der Waals surface area contributed by atoms with Crippen molar-refractivity contribution in [3.8, 4) is 0 Å². The van der Waals surface area contributed by atoms with Gasteiger partial charge < -0.3 is 9.80 Å². The first-order valence-corrected chi connectivity index (χ1v) is 9.55. The highest BCUT2D eigenvalue weighted by molar-refractivity contribution is 6.34. The number of fused-ring (bicyclic) bond motifs is 1. The molecule has 0 saturated carbocycles. The average molecular weight is 412 g/mol. The predicted molar refractivity (Wildman–Crippen MR) is 110 cm³/mol. The second-order valence-corrected chi connectivity index (χ2v) is 7.32. The number of amides is 1. The molecular formula is C20H18ClN5O3. The van der Waals surface area contributed by atoms with Gasteiger partial charge in [0, 0.05) is 54.1 Å². The second-order valence-electron chi connectivity index (χ2n) is 6.96. The van der Waals surface area contributed by atoms with E-state index in [4.69, 9.17) is 11.6 Å². The summed E-state index contributed by atoms with van der Waals surface area (Å²) < 4.78 is 0. The number of aromatic nitrogens is 2. The molecule has 9 heteroatoms. The van der Waals surface area contributed by atoms with Crippen molar-refractivity contribution >= 4 is 39.8 Å². The van der Waals surface area contributed by atoms with Crippen LogP contribution in [0, 0.1) is 10.1 Å². The number of non-ortho nitro benzene ring substituents is 1. The van der Waals surface area contributed by atoms with Gasteiger partial charge in [-0.15, -0.1) is 10.2 Å². The fraction of sp³-hybridized carbons (Fsp3) is 0.250. The molecule has 1 amide bonds. The van der Waals surface area contributed by atoms with Crippen molar-refractivity contribution in [1.29, 1.82) is 0 Å². The number of carbonyl (C=O) groups is 1. The van der Waals surface area contributed by atoms with E-state index in [0.717, 1.165) is 0 Å². The van der Waals surface area contributed by atoms with Crippen LogP contribution in [0.25, 0.3) is 10.8 Å². The second kappa shape index (κ2) is 7.63. The predicted octanol–water partition coefficient (Wildman–Crippen LogP) is 3.54. The summed E-state index contributed by atoms with van der Waals surface area (Å²) in [5.41, 5.74) is 0.619. The zero-order valence-electron chi connectivity index (χ0n) is 15.7. The summed E-state index contributed by atoms with van der Waals surface area (Å²) in [7, 11) is 0. The molecule has 1 saturated heterocycles. The quantitative estimate of drug-likeness (QED) is 0.483. The maximum atomic E-state index is 12.8. The molecule has 148 valence electrons. The molecule has 4 rings (SSSR count). The van der Waals surface area contributed by atoms with Crippen LogP contribution in [0.15, 0.2) is 48.5 Å². The Morgan fingerprint density at radius 1 is 1.14 bits per heavy atom. The van der Waals surface area contributed by atoms with E-state index < -0.39 is 4.92 Å². The number of rotatable bonds is 3. The van der Waals surface area contributed by atoms with Gasteiger partial charge in [-0.3, -0.25) is 14.9 Å². The van der Waals surface area contributed by atoms with Gasteiger partial charge in [0.2, 0.25) is 0 Å². The van der Waals surface area contributed by atoms with Gasteiger partial charge in [0.15, 0.2) is 11.0 Å². The zero-order valence-corrected chi connectivity index (χ0v) is 16.4. The van der Waals surface area contributed by atoms with Crippen LogP contribution in [0.4, 0.5) is 11.5 Å². The molecule has 1 aliphatic rings. The number of nitro benzene ring substituents is 1. The minimum Gasteiger partial charge on any atom is -0.348 e. The van der Waals surface area contributed by atoms with Crippen LogP contribution in [0.2, 0.25) is 5.15 Å². The molecule has 1 aromatic heterocycles. The summed E-state index contributed by atoms with van der Waals surface area (Å²) in [6.45, 7) is 3.55. The third-order valence-corrected chi connectivity index (χ3v) is 5.40. The van der Waals surface area contributed by atoms with E-state index in [9.17, 15) is 14.9 Å². The van der Waals surface area contributed by atoms with E-state index in [0.29, 0.717) is 41.8 Å². The molecule has 2 heterocycles. The van der Waals surface area contributed by atoms with Gasteiger partial charge in [-0.05, 0) is 25.1 Å². The van der Waals surface area contributed by atoms with Crippen LogP contribution in [0.3, 0.4) is 0 Å². The van der Waals surface area contributed by atoms with E-state index in [1.165, 1.54) is 12.1 Å². The van der Waals surface area contributed by atoms with Crippen LogP contribution in [0.5, 0.6) is 0 Å². The van der Waals surface area contributed by atoms with Gasteiger partial charge >= 0.3 is 0 Å². The Hall–Kier alpha value is -3.26. The minimum absolute atomic E-state index is 0.0141. The van der Waals surface area contributed by atoms with E-state index in [1.807, 2.05) is 34.9 Å². The number of benzene rings is 2. The topological polar surface area (TPSA) is 92.5 Å². The molecule has 1 atom stereocenters. The maximum Gasteiger partial charge on any atom is 0.270 e. The van der Waals surface area contributed by atoms with Gasteiger partial charge in [-0.2, -0.15) is 0 Å². The summed E-state index contributed by atoms with van der Waals surface area (Å²) in [5.74, 6) is 0.521. The molecule has 0 aliphatic carbocycles. The van der Waals surface area contributed by atoms with E-state index in [1.54, 1.807) is 18.2 Å². The number of hydrogen-bond donors (Lipinski definition) is 0. The summed E-state index contributed by atoms with van der Waals surface area (Å²) in [5, 5.41) is 20.8. The van der Waals surface area contributed by atoms with Crippen molar-refractivity contribution < 1.29 is 9.72 Å². The summed E-state index contributed by atoms with van der Waals surface area (Å²) in [4.78, 5) is 27.3. The number of nitro groups is 1. The van der Waals surface area contributed by atoms with Crippen molar-refractivity contribution in [2.45, 2.75) is 13.0 Å². The van der Waals surface area contributed by atoms with Crippen molar-refractivity contribution in [2.24, 2.45) is 0 Å². The third kappa shape index (κ3) is 3.58. The number of hydrogen-bond acceptors (Lipinski definition) is 6. The number of carbonyl (C=O) groups excluding carboxylic acids is 1. The highest BCUT2D eigenvalue weighted by Crippen LogP contribution is 2.33. The lowest BCUT2D eigenvalue weighted by Gasteiger charge is -2.40. The number of nitrogens with zero attached hydrogens (tertiary/aromatic N) is 5. The van der Waals surface area contributed by atoms with Crippen LogP contribution < -0.4 is 4.90 Å². The van der Waals surface area contributed by atoms with Crippen LogP contribution >= 0.6 is 11.6 Å². The Bertz CT molecular complexity index is 1090. The SMILES string of the molecule is CC1CN(C(=O)c2ccccc2)CCN1c1nnc(Cl)c2ccc([N+](=O)[O-])cc12. The molecule has 8 nitrogen and oxygen atoms in total. The van der Waals surface area contributed by atoms with Crippen molar-refractivity contribution in [3.63, 3.8) is 0 Å². The molecule has 0 radical (unpaired) electrons. The minimum atomic E-state index is -0.447. The number of piperazine rings is 1. The summed E-state index contributed by atoms with van der Waals surface area (Å²) in [6, 6.07) is 13.6. The van der Waals surface area contributed by atoms with E-state index >= 15 is 0 Å². The van der Waals surface area contributed by atoms with Gasteiger partial charge in [-0.25, -0.2) is 0 Å². The molecule has 1 unspecified atom stereocenters. The maximum absolute atomic E-state index is 12.8. The van der Waals surface area contributed by atoms with Crippen LogP contribution in [0.1, 0.15) is 17.3 Å². The molecule has 0 bridgehead atoms. The van der Waals surface area contributed by atoms with Gasteiger partial charge in [0.25, 0.3) is 11.6 Å². The van der Waals surface area contributed by atoms with Crippen molar-refractivity contribution in [1.82, 2.24) is 15.1 Å². The summed E-state index contributed by atoms with van der Waals surface area (Å²) >= 11 is 6.15. The Morgan fingerprint density at radius 2 is 1.90 bits per heavy atom. The Kier molecular flexibility index (Phi) is 5.02. The highest BCUT2D eigenvalue weighted by Gasteiger charge is 2.30. The lowest BCUT2D eigenvalue weighted by Crippen LogP contribution is -2.54. The Morgan fingerprint density at radius 3 is 2.59 bits per heavy atom. The van der Waals surface area contributed by atoms with Crippen LogP contribution in [-0.4, -0.2) is 51.6 Å². The lowest BCUT2D eigenvalue weighted by molar-refractivity contribution is -0.384. The molecule has 1 aliphatic heterocycles. The molecule has 2 aromatic carbocycles. The molecule has 29 heavy (non-hydrogen) atoms. The van der Waals surface area contributed by atoms with E-state index in [2.05, 4.69) is 10.2 Å². The highest BCUT2D eigenvalue weighted by atomic mass is 35.5. The molecule has 0 N–H and O–H groups in total. The van der Waals surface area contributed by atoms with Gasteiger partial charge in [0.1, 0.15) is 0 Å². The fourth-order valence-corrected chi connectivity index (χ4v) is 3.84. The third-order valence-electron chi connectivity index (χ3n) is 5.12. The van der Waals surface area contributed by atoms with Gasteiger partial charge in [0.05, 0.1) is 4.92 Å². The first-order valence-electron chi connectivity index (χ1n) is 9.17. The molecule has 0 spiro atoms. The van der Waals surface area contributed by atoms with Crippen LogP contribution in [-0.2, 0) is 0 Å². The molecular weight excluding hydrogens is 394 g/mol. The van der Waals surface area contributed by atoms with Crippen molar-refractivity contribution in [2.75, 3.05) is 24.5 Å². The Balaban J connectivity index is 1.64.